The monoisotopic (exact) mass is 1640 g/mol. The molecule has 0 aliphatic carbocycles. The number of pyridine rings is 4. The van der Waals surface area contributed by atoms with E-state index in [9.17, 15) is 8.78 Å². The van der Waals surface area contributed by atoms with Crippen LogP contribution in [0, 0.1) is 45.9 Å². The molecule has 5 N–H and O–H groups in total. The van der Waals surface area contributed by atoms with Crippen LogP contribution in [0.2, 0.25) is 0 Å². The van der Waals surface area contributed by atoms with Crippen LogP contribution in [0.4, 0.5) is 37.7 Å². The standard InChI is InChI=1S/C25H25FN6.C25H26N6.C25H29N5.C24H26FN5/c1-3-16(2)23-14-30-25-24(28-9-8-17-12-29-21-7-5-4-6-20(17)21)31-22(15-32(23)25)18-10-19(26)13-27-11-18;1-5-18(3)23-15-29-25-24(28-11-10-19-8-6-17(2)7-9-19)30-22(16-31(23)25)20-12-21(26-4)14-27-13-20;1-5-19(4)23-15-28-25-24(27-11-10-20-8-6-17(2)7-9-20)29-22(16-30(23)25)21-12-18(3)13-26-14-21;1-4-17(3)22-14-28-24-23(27-10-9-18-7-5-16(2)6-8-18)29-21(15-30(22)24)19-11-20(25)13-26-12-19/h4-7,10-16,29H,3,8-9H2,1-2H3,(H,28,31);6-9,12-16,18H,5,10-11H2,1-3H3,(H,28,30);6-9,12-16,19H,5,10-11H2,1-4H3,(H,27,29);5-8,11-15,17H,4,9-10H2,1-3H3,(H,27,29). The molecular formula is C99H106F2N22. The summed E-state index contributed by atoms with van der Waals surface area (Å²) in [6.45, 7) is 36.1. The van der Waals surface area contributed by atoms with Gasteiger partial charge in [-0.25, -0.2) is 53.5 Å². The number of benzene rings is 4. The van der Waals surface area contributed by atoms with E-state index in [4.69, 9.17) is 31.5 Å². The zero-order valence-electron chi connectivity index (χ0n) is 72.0. The number of anilines is 4. The van der Waals surface area contributed by atoms with Gasteiger partial charge in [-0.3, -0.25) is 37.5 Å². The quantitative estimate of drug-likeness (QED) is 0.0286. The summed E-state index contributed by atoms with van der Waals surface area (Å²) in [6.07, 6.45) is 38.1. The molecule has 13 heterocycles. The summed E-state index contributed by atoms with van der Waals surface area (Å²) in [5.41, 5.74) is 25.6. The molecule has 24 heteroatoms. The van der Waals surface area contributed by atoms with E-state index in [0.717, 1.165) is 156 Å². The summed E-state index contributed by atoms with van der Waals surface area (Å²) < 4.78 is 36.0. The van der Waals surface area contributed by atoms with Gasteiger partial charge in [0, 0.05) is 175 Å². The minimum absolute atomic E-state index is 0.338. The summed E-state index contributed by atoms with van der Waals surface area (Å²) in [7, 11) is 0. The first-order chi connectivity index (χ1) is 59.8. The number of rotatable bonds is 28. The number of nitrogens with zero attached hydrogens (tertiary/aromatic N) is 17. The normalized spacial score (nSPS) is 12.2. The van der Waals surface area contributed by atoms with E-state index in [0.29, 0.717) is 70.1 Å². The molecule has 0 bridgehead atoms. The number of para-hydroxylation sites is 1. The fraction of sp³-hybridized carbons (Fsp3) is 0.283. The molecule has 0 fully saturated rings. The first-order valence-electron chi connectivity index (χ1n) is 42.5. The Hall–Kier alpha value is -14.0. The highest BCUT2D eigenvalue weighted by Gasteiger charge is 2.22. The van der Waals surface area contributed by atoms with E-state index in [1.807, 2.05) is 67.9 Å². The third-order valence-electron chi connectivity index (χ3n) is 22.7. The molecule has 22 nitrogen and oxygen atoms in total. The number of imidazole rings is 4. The lowest BCUT2D eigenvalue weighted by Gasteiger charge is -2.13. The van der Waals surface area contributed by atoms with Gasteiger partial charge in [0.1, 0.15) is 11.6 Å². The first-order valence-corrected chi connectivity index (χ1v) is 42.5. The molecule has 13 aromatic heterocycles. The maximum atomic E-state index is 13.8. The van der Waals surface area contributed by atoms with Gasteiger partial charge in [0.05, 0.1) is 41.7 Å². The fourth-order valence-corrected chi connectivity index (χ4v) is 14.7. The van der Waals surface area contributed by atoms with Crippen LogP contribution in [0.25, 0.3) is 83.4 Å². The second kappa shape index (κ2) is 40.0. The molecule has 0 amide bonds. The van der Waals surface area contributed by atoms with E-state index in [-0.39, 0.29) is 11.6 Å². The van der Waals surface area contributed by atoms with Gasteiger partial charge in [-0.1, -0.05) is 163 Å². The molecule has 0 aliphatic heterocycles. The van der Waals surface area contributed by atoms with Crippen molar-refractivity contribution < 1.29 is 8.78 Å². The van der Waals surface area contributed by atoms with Crippen molar-refractivity contribution in [2.45, 2.75) is 158 Å². The number of aryl methyl sites for hydroxylation is 4. The maximum absolute atomic E-state index is 13.8. The highest BCUT2D eigenvalue weighted by Crippen LogP contribution is 2.34. The smallest absolute Gasteiger partial charge is 0.205 e. The summed E-state index contributed by atoms with van der Waals surface area (Å²) >= 11 is 0. The molecule has 17 rings (SSSR count). The minimum atomic E-state index is -0.383. The minimum Gasteiger partial charge on any atom is -0.367 e. The number of halogens is 2. The number of H-pyrrole nitrogens is 1. The Morgan fingerprint density at radius 3 is 1.04 bits per heavy atom. The third kappa shape index (κ3) is 20.7. The number of aromatic nitrogens is 17. The van der Waals surface area contributed by atoms with Crippen LogP contribution in [-0.4, -0.2) is 109 Å². The predicted molar refractivity (Wildman–Crippen MR) is 491 cm³/mol. The number of fused-ring (bicyclic) bond motifs is 5. The van der Waals surface area contributed by atoms with E-state index >= 15 is 0 Å². The third-order valence-corrected chi connectivity index (χ3v) is 22.7. The second-order valence-electron chi connectivity index (χ2n) is 31.7. The molecule has 0 spiro atoms. The molecule has 4 unspecified atom stereocenters. The Kier molecular flexibility index (Phi) is 27.8. The topological polar surface area (TPSA) is 241 Å². The van der Waals surface area contributed by atoms with E-state index in [1.165, 1.54) is 74.6 Å². The van der Waals surface area contributed by atoms with Crippen LogP contribution in [0.3, 0.4) is 0 Å². The van der Waals surface area contributed by atoms with Crippen LogP contribution in [-0.2, 0) is 25.7 Å². The summed E-state index contributed by atoms with van der Waals surface area (Å²) in [5, 5.41) is 15.1. The molecule has 0 saturated heterocycles. The molecule has 0 saturated carbocycles. The Balaban J connectivity index is 0.000000134. The average Bonchev–Trinajstić information content (AvgIpc) is 1.67. The van der Waals surface area contributed by atoms with Crippen molar-refractivity contribution >= 4 is 62.5 Å². The highest BCUT2D eigenvalue weighted by atomic mass is 19.1. The van der Waals surface area contributed by atoms with Gasteiger partial charge < -0.3 is 26.3 Å². The Morgan fingerprint density at radius 1 is 0.374 bits per heavy atom. The average molecular weight is 1640 g/mol. The van der Waals surface area contributed by atoms with Gasteiger partial charge in [-0.15, -0.1) is 0 Å². The summed E-state index contributed by atoms with van der Waals surface area (Å²) in [5.74, 6) is 3.65. The van der Waals surface area contributed by atoms with Gasteiger partial charge >= 0.3 is 0 Å². The Labute approximate surface area is 717 Å². The number of hydrogen-bond acceptors (Lipinski definition) is 16. The van der Waals surface area contributed by atoms with Crippen LogP contribution in [0.15, 0.2) is 227 Å². The van der Waals surface area contributed by atoms with E-state index in [1.54, 1.807) is 24.8 Å². The first kappa shape index (κ1) is 85.5. The fourth-order valence-electron chi connectivity index (χ4n) is 14.7. The summed E-state index contributed by atoms with van der Waals surface area (Å²) in [4.78, 5) is 61.3. The van der Waals surface area contributed by atoms with Crippen LogP contribution in [0.1, 0.15) is 172 Å². The zero-order valence-corrected chi connectivity index (χ0v) is 72.0. The predicted octanol–water partition coefficient (Wildman–Crippen LogP) is 22.4. The molecular weight excluding hydrogens is 1540 g/mol. The zero-order chi connectivity index (χ0) is 86.0. The van der Waals surface area contributed by atoms with Crippen LogP contribution >= 0.6 is 0 Å². The van der Waals surface area contributed by atoms with E-state index in [2.05, 4.69) is 276 Å². The molecule has 123 heavy (non-hydrogen) atoms. The number of hydrogen-bond donors (Lipinski definition) is 5. The Bertz CT molecular complexity index is 6290. The van der Waals surface area contributed by atoms with Crippen molar-refractivity contribution in [3.05, 3.63) is 317 Å². The van der Waals surface area contributed by atoms with Crippen LogP contribution < -0.4 is 21.3 Å². The number of nitrogens with one attached hydrogen (secondary N) is 5. The molecule has 4 atom stereocenters. The highest BCUT2D eigenvalue weighted by molar-refractivity contribution is 5.83. The number of aromatic amines is 1. The van der Waals surface area contributed by atoms with Gasteiger partial charge in [-0.05, 0) is 161 Å². The second-order valence-corrected chi connectivity index (χ2v) is 31.7. The van der Waals surface area contributed by atoms with Crippen LogP contribution in [0.5, 0.6) is 0 Å². The van der Waals surface area contributed by atoms with Crippen molar-refractivity contribution in [1.82, 2.24) is 82.4 Å². The Morgan fingerprint density at radius 2 is 0.699 bits per heavy atom. The lowest BCUT2D eigenvalue weighted by atomic mass is 10.1. The molecule has 626 valence electrons. The molecule has 17 aromatic rings. The van der Waals surface area contributed by atoms with Crippen molar-refractivity contribution in [1.29, 1.82) is 0 Å². The SMILES string of the molecule is CCC(C)c1cnc2c(NCCc3c[nH]c4ccccc34)nc(-c3cncc(F)c3)cn12.CCC(C)c1cnc2c(NCCc3ccc(C)cc3)nc(-c3cncc(C)c3)cn12.CCC(C)c1cnc2c(NCCc3ccc(C)cc3)nc(-c3cncc(F)c3)cn12.[C-]#[N+]c1cncc(-c2cn3c(C(C)CC)cnc3c(NCCc3ccc(C)cc3)n2)c1. The maximum Gasteiger partial charge on any atom is 0.205 e. The van der Waals surface area contributed by atoms with Crippen molar-refractivity contribution in [3.8, 4) is 45.0 Å². The van der Waals surface area contributed by atoms with Gasteiger partial charge in [0.25, 0.3) is 0 Å². The summed E-state index contributed by atoms with van der Waals surface area (Å²) in [6, 6.07) is 41.0. The lowest BCUT2D eigenvalue weighted by molar-refractivity contribution is 0.621. The van der Waals surface area contributed by atoms with Gasteiger partial charge in [0.15, 0.2) is 45.9 Å². The molecule has 0 aliphatic rings. The van der Waals surface area contributed by atoms with Gasteiger partial charge in [0.2, 0.25) is 5.69 Å². The van der Waals surface area contributed by atoms with Crippen molar-refractivity contribution in [2.75, 3.05) is 47.4 Å². The lowest BCUT2D eigenvalue weighted by Crippen LogP contribution is -2.10. The van der Waals surface area contributed by atoms with Crippen molar-refractivity contribution in [2.24, 2.45) is 0 Å². The molecule has 4 aromatic carbocycles. The largest absolute Gasteiger partial charge is 0.367 e. The molecule has 0 radical (unpaired) electrons. The van der Waals surface area contributed by atoms with E-state index < -0.39 is 0 Å². The van der Waals surface area contributed by atoms with Crippen molar-refractivity contribution in [3.63, 3.8) is 0 Å². The van der Waals surface area contributed by atoms with Gasteiger partial charge in [-0.2, -0.15) is 0 Å².